The van der Waals surface area contributed by atoms with Crippen LogP contribution < -0.4 is 11.1 Å². The Balaban J connectivity index is 1.53. The lowest BCUT2D eigenvalue weighted by atomic mass is 9.88. The van der Waals surface area contributed by atoms with Crippen LogP contribution in [-0.2, 0) is 22.9 Å². The third-order valence-electron chi connectivity index (χ3n) is 6.57. The van der Waals surface area contributed by atoms with E-state index >= 15 is 0 Å². The molecule has 0 bridgehead atoms. The highest BCUT2D eigenvalue weighted by Crippen LogP contribution is 2.39. The fourth-order valence-corrected chi connectivity index (χ4v) is 8.09. The lowest BCUT2D eigenvalue weighted by Gasteiger charge is -2.34. The van der Waals surface area contributed by atoms with Crippen LogP contribution >= 0.6 is 11.3 Å². The molecule has 7 nitrogen and oxygen atoms in total. The molecule has 0 spiro atoms. The minimum absolute atomic E-state index is 0.179. The molecule has 2 amide bonds. The van der Waals surface area contributed by atoms with Gasteiger partial charge in [0.2, 0.25) is 10.0 Å². The predicted molar refractivity (Wildman–Crippen MR) is 130 cm³/mol. The maximum Gasteiger partial charge on any atom is 0.256 e. The zero-order chi connectivity index (χ0) is 23.9. The number of nitrogens with one attached hydrogen (secondary N) is 1. The first kappa shape index (κ1) is 23.9. The van der Waals surface area contributed by atoms with Crippen LogP contribution in [0.15, 0.2) is 29.2 Å². The number of nitrogens with zero attached hydrogens (tertiary/aromatic N) is 1. The van der Waals surface area contributed by atoms with Crippen LogP contribution in [0.3, 0.4) is 0 Å². The molecule has 1 aromatic heterocycles. The van der Waals surface area contributed by atoms with Crippen molar-refractivity contribution >= 4 is 38.2 Å². The predicted octanol–water partition coefficient (Wildman–Crippen LogP) is 3.89. The molecule has 1 aromatic carbocycles. The van der Waals surface area contributed by atoms with Crippen LogP contribution in [0.5, 0.6) is 0 Å². The number of piperidine rings is 1. The second-order valence-electron chi connectivity index (χ2n) is 9.67. The van der Waals surface area contributed by atoms with Crippen LogP contribution in [0.2, 0.25) is 0 Å². The molecule has 0 saturated carbocycles. The Bertz CT molecular complexity index is 1160. The van der Waals surface area contributed by atoms with Gasteiger partial charge in [-0.25, -0.2) is 8.42 Å². The van der Waals surface area contributed by atoms with Crippen molar-refractivity contribution in [3.63, 3.8) is 0 Å². The number of rotatable bonds is 5. The van der Waals surface area contributed by atoms with Crippen molar-refractivity contribution in [2.24, 2.45) is 23.5 Å². The summed E-state index contributed by atoms with van der Waals surface area (Å²) in [5.74, 6) is 0.221. The maximum absolute atomic E-state index is 13.1. The molecule has 1 saturated heterocycles. The summed E-state index contributed by atoms with van der Waals surface area (Å²) in [6.07, 6.45) is 3.66. The van der Waals surface area contributed by atoms with Gasteiger partial charge in [0.25, 0.3) is 11.8 Å². The Morgan fingerprint density at radius 2 is 1.70 bits per heavy atom. The van der Waals surface area contributed by atoms with Gasteiger partial charge < -0.3 is 11.1 Å². The van der Waals surface area contributed by atoms with E-state index in [1.54, 1.807) is 0 Å². The van der Waals surface area contributed by atoms with E-state index in [2.05, 4.69) is 26.1 Å². The molecule has 3 atom stereocenters. The van der Waals surface area contributed by atoms with Gasteiger partial charge in [-0.15, -0.1) is 11.3 Å². The highest BCUT2D eigenvalue weighted by Gasteiger charge is 2.32. The van der Waals surface area contributed by atoms with Crippen molar-refractivity contribution in [2.45, 2.75) is 51.3 Å². The average molecular weight is 490 g/mol. The average Bonchev–Trinajstić information content (AvgIpc) is 3.10. The summed E-state index contributed by atoms with van der Waals surface area (Å²) in [7, 11) is -3.61. The fraction of sp³-hybridized carbons (Fsp3) is 0.500. The SMILES string of the molecule is C[C@@H]1CCc2c(sc(NC(=O)c3ccc(S(=O)(=O)N4C[C@H](C)C[C@H](C)C4)cc3)c2C(N)=O)C1. The first-order chi connectivity index (χ1) is 15.6. The molecular weight excluding hydrogens is 458 g/mol. The maximum atomic E-state index is 13.1. The van der Waals surface area contributed by atoms with E-state index in [4.69, 9.17) is 5.73 Å². The summed E-state index contributed by atoms with van der Waals surface area (Å²) in [5.41, 5.74) is 7.32. The Morgan fingerprint density at radius 1 is 1.06 bits per heavy atom. The van der Waals surface area contributed by atoms with Crippen molar-refractivity contribution in [3.8, 4) is 0 Å². The number of fused-ring (bicyclic) bond motifs is 1. The van der Waals surface area contributed by atoms with Crippen molar-refractivity contribution in [1.29, 1.82) is 0 Å². The molecule has 0 radical (unpaired) electrons. The zero-order valence-corrected chi connectivity index (χ0v) is 20.9. The lowest BCUT2D eigenvalue weighted by molar-refractivity contribution is 0.1000. The summed E-state index contributed by atoms with van der Waals surface area (Å²) in [6.45, 7) is 7.31. The Kier molecular flexibility index (Phi) is 6.66. The van der Waals surface area contributed by atoms with E-state index in [-0.39, 0.29) is 4.90 Å². The lowest BCUT2D eigenvalue weighted by Crippen LogP contribution is -2.42. The van der Waals surface area contributed by atoms with Crippen molar-refractivity contribution in [3.05, 3.63) is 45.8 Å². The molecule has 0 unspecified atom stereocenters. The smallest absolute Gasteiger partial charge is 0.256 e. The van der Waals surface area contributed by atoms with E-state index in [1.165, 1.54) is 39.9 Å². The standard InChI is InChI=1S/C24H31N3O4S2/c1-14-4-9-19-20(11-14)32-24(21(19)22(25)28)26-23(29)17-5-7-18(8-6-17)33(30,31)27-12-15(2)10-16(3)13-27/h5-8,14-16H,4,9-13H2,1-3H3,(H2,25,28)(H,26,29)/t14-,15-,16+/m1/s1. The van der Waals surface area contributed by atoms with Gasteiger partial charge in [0.15, 0.2) is 0 Å². The summed E-state index contributed by atoms with van der Waals surface area (Å²) >= 11 is 1.41. The van der Waals surface area contributed by atoms with Crippen LogP contribution in [0.25, 0.3) is 0 Å². The topological polar surface area (TPSA) is 110 Å². The van der Waals surface area contributed by atoms with Gasteiger partial charge in [-0.05, 0) is 73.3 Å². The van der Waals surface area contributed by atoms with E-state index < -0.39 is 21.8 Å². The molecule has 1 aliphatic heterocycles. The quantitative estimate of drug-likeness (QED) is 0.664. The number of nitrogens with two attached hydrogens (primary N) is 1. The van der Waals surface area contributed by atoms with Crippen LogP contribution in [0.4, 0.5) is 5.00 Å². The molecule has 33 heavy (non-hydrogen) atoms. The number of benzene rings is 1. The molecular formula is C24H31N3O4S2. The van der Waals surface area contributed by atoms with Gasteiger partial charge in [0, 0.05) is 23.5 Å². The molecule has 178 valence electrons. The summed E-state index contributed by atoms with van der Waals surface area (Å²) < 4.78 is 27.7. The molecule has 1 fully saturated rings. The van der Waals surface area contributed by atoms with Gasteiger partial charge in [-0.3, -0.25) is 9.59 Å². The van der Waals surface area contributed by atoms with Crippen molar-refractivity contribution < 1.29 is 18.0 Å². The number of hydrogen-bond acceptors (Lipinski definition) is 5. The monoisotopic (exact) mass is 489 g/mol. The minimum atomic E-state index is -3.61. The number of amides is 2. The van der Waals surface area contributed by atoms with Gasteiger partial charge in [-0.1, -0.05) is 20.8 Å². The highest BCUT2D eigenvalue weighted by atomic mass is 32.2. The normalized spacial score (nSPS) is 23.7. The number of thiophene rings is 1. The van der Waals surface area contributed by atoms with Gasteiger partial charge in [0.05, 0.1) is 10.5 Å². The second kappa shape index (κ2) is 9.19. The molecule has 2 aromatic rings. The number of carbonyl (C=O) groups excluding carboxylic acids is 2. The molecule has 4 rings (SSSR count). The number of carbonyl (C=O) groups is 2. The third-order valence-corrected chi connectivity index (χ3v) is 9.59. The summed E-state index contributed by atoms with van der Waals surface area (Å²) in [5, 5.41) is 3.30. The first-order valence-electron chi connectivity index (χ1n) is 11.4. The number of sulfonamides is 1. The van der Waals surface area contributed by atoms with Gasteiger partial charge in [0.1, 0.15) is 5.00 Å². The Labute approximate surface area is 199 Å². The molecule has 2 heterocycles. The number of anilines is 1. The summed E-state index contributed by atoms with van der Waals surface area (Å²) in [6, 6.07) is 5.98. The van der Waals surface area contributed by atoms with Crippen molar-refractivity contribution in [2.75, 3.05) is 18.4 Å². The zero-order valence-electron chi connectivity index (χ0n) is 19.3. The van der Waals surface area contributed by atoms with E-state index in [1.807, 2.05) is 0 Å². The van der Waals surface area contributed by atoms with E-state index in [0.717, 1.165) is 36.1 Å². The molecule has 1 aliphatic carbocycles. The van der Waals surface area contributed by atoms with Crippen molar-refractivity contribution in [1.82, 2.24) is 4.31 Å². The number of primary amides is 1. The van der Waals surface area contributed by atoms with Crippen LogP contribution in [-0.4, -0.2) is 37.6 Å². The van der Waals surface area contributed by atoms with E-state index in [0.29, 0.717) is 47.0 Å². The molecule has 3 N–H and O–H groups in total. The van der Waals surface area contributed by atoms with Crippen LogP contribution in [0.1, 0.15) is 64.8 Å². The summed E-state index contributed by atoms with van der Waals surface area (Å²) in [4.78, 5) is 26.3. The Hall–Kier alpha value is -2.23. The van der Waals surface area contributed by atoms with Gasteiger partial charge in [-0.2, -0.15) is 4.31 Å². The van der Waals surface area contributed by atoms with Crippen LogP contribution in [0, 0.1) is 17.8 Å². The second-order valence-corrected chi connectivity index (χ2v) is 12.7. The number of hydrogen-bond donors (Lipinski definition) is 2. The molecule has 9 heteroatoms. The van der Waals surface area contributed by atoms with E-state index in [9.17, 15) is 18.0 Å². The largest absolute Gasteiger partial charge is 0.365 e. The minimum Gasteiger partial charge on any atom is -0.365 e. The fourth-order valence-electron chi connectivity index (χ4n) is 5.00. The third kappa shape index (κ3) is 4.85. The molecule has 2 aliphatic rings. The Morgan fingerprint density at radius 3 is 2.30 bits per heavy atom. The highest BCUT2D eigenvalue weighted by molar-refractivity contribution is 7.89. The van der Waals surface area contributed by atoms with Gasteiger partial charge >= 0.3 is 0 Å². The first-order valence-corrected chi connectivity index (χ1v) is 13.7.